The van der Waals surface area contributed by atoms with Gasteiger partial charge in [-0.1, -0.05) is 12.1 Å². The van der Waals surface area contributed by atoms with Gasteiger partial charge >= 0.3 is 0 Å². The minimum absolute atomic E-state index is 0.373. The van der Waals surface area contributed by atoms with E-state index in [9.17, 15) is 4.79 Å². The van der Waals surface area contributed by atoms with Crippen molar-refractivity contribution in [1.82, 2.24) is 15.0 Å². The van der Waals surface area contributed by atoms with Crippen molar-refractivity contribution >= 4 is 16.9 Å². The lowest BCUT2D eigenvalue weighted by Gasteiger charge is -2.04. The largest absolute Gasteiger partial charge is 0.366 e. The second kappa shape index (κ2) is 4.45. The van der Waals surface area contributed by atoms with Gasteiger partial charge in [-0.05, 0) is 24.3 Å². The van der Waals surface area contributed by atoms with Crippen LogP contribution in [-0.2, 0) is 0 Å². The van der Waals surface area contributed by atoms with E-state index in [1.54, 1.807) is 30.6 Å². The zero-order valence-corrected chi connectivity index (χ0v) is 9.95. The van der Waals surface area contributed by atoms with Crippen LogP contribution in [0.4, 0.5) is 0 Å². The molecule has 0 unspecified atom stereocenters. The van der Waals surface area contributed by atoms with Crippen molar-refractivity contribution < 1.29 is 4.79 Å². The Morgan fingerprint density at radius 3 is 2.63 bits per heavy atom. The lowest BCUT2D eigenvalue weighted by Crippen LogP contribution is -2.12. The average Bonchev–Trinajstić information content (AvgIpc) is 2.47. The van der Waals surface area contributed by atoms with E-state index in [1.807, 2.05) is 18.2 Å². The number of aromatic nitrogens is 3. The molecule has 3 aromatic rings. The molecule has 3 rings (SSSR count). The van der Waals surface area contributed by atoms with Crippen molar-refractivity contribution in [2.45, 2.75) is 0 Å². The summed E-state index contributed by atoms with van der Waals surface area (Å²) in [7, 11) is 0. The number of nitrogens with two attached hydrogens (primary N) is 1. The molecule has 0 aliphatic rings. The predicted octanol–water partition coefficient (Wildman–Crippen LogP) is 1.79. The average molecular weight is 250 g/mol. The Bertz CT molecular complexity index is 756. The molecule has 0 aliphatic heterocycles. The summed E-state index contributed by atoms with van der Waals surface area (Å²) in [5.41, 5.74) is 8.22. The van der Waals surface area contributed by atoms with Gasteiger partial charge in [-0.3, -0.25) is 14.8 Å². The molecule has 0 spiro atoms. The molecule has 0 saturated carbocycles. The third kappa shape index (κ3) is 2.01. The minimum Gasteiger partial charge on any atom is -0.366 e. The second-order valence-electron chi connectivity index (χ2n) is 4.01. The maximum atomic E-state index is 11.3. The number of hydrogen-bond donors (Lipinski definition) is 1. The standard InChI is InChI=1S/C14H10N4O/c15-14(19)9-4-3-6-11-13(9)17-8-12(18-11)10-5-1-2-7-16-10/h1-8H,(H2,15,19). The van der Waals surface area contributed by atoms with E-state index in [0.29, 0.717) is 22.3 Å². The first-order valence-electron chi connectivity index (χ1n) is 5.72. The van der Waals surface area contributed by atoms with Gasteiger partial charge in [-0.2, -0.15) is 0 Å². The summed E-state index contributed by atoms with van der Waals surface area (Å²) in [6, 6.07) is 10.7. The fraction of sp³-hybridized carbons (Fsp3) is 0. The first kappa shape index (κ1) is 11.3. The minimum atomic E-state index is -0.509. The fourth-order valence-electron chi connectivity index (χ4n) is 1.88. The molecule has 5 nitrogen and oxygen atoms in total. The number of hydrogen-bond acceptors (Lipinski definition) is 4. The van der Waals surface area contributed by atoms with E-state index in [0.717, 1.165) is 5.69 Å². The Labute approximate surface area is 109 Å². The summed E-state index contributed by atoms with van der Waals surface area (Å²) in [6.45, 7) is 0. The Morgan fingerprint density at radius 2 is 1.89 bits per heavy atom. The number of rotatable bonds is 2. The highest BCUT2D eigenvalue weighted by Crippen LogP contribution is 2.19. The lowest BCUT2D eigenvalue weighted by molar-refractivity contribution is 0.100. The van der Waals surface area contributed by atoms with Gasteiger partial charge in [0.2, 0.25) is 0 Å². The van der Waals surface area contributed by atoms with Crippen LogP contribution in [0, 0.1) is 0 Å². The molecular weight excluding hydrogens is 240 g/mol. The summed E-state index contributed by atoms with van der Waals surface area (Å²) < 4.78 is 0. The monoisotopic (exact) mass is 250 g/mol. The number of fused-ring (bicyclic) bond motifs is 1. The lowest BCUT2D eigenvalue weighted by atomic mass is 10.1. The highest BCUT2D eigenvalue weighted by molar-refractivity contribution is 6.03. The number of carbonyl (C=O) groups excluding carboxylic acids is 1. The molecule has 5 heteroatoms. The molecule has 1 aromatic carbocycles. The van der Waals surface area contributed by atoms with Gasteiger partial charge in [0.05, 0.1) is 23.0 Å². The van der Waals surface area contributed by atoms with Crippen LogP contribution >= 0.6 is 0 Å². The summed E-state index contributed by atoms with van der Waals surface area (Å²) in [5, 5.41) is 0. The van der Waals surface area contributed by atoms with Crippen molar-refractivity contribution in [3.05, 3.63) is 54.4 Å². The van der Waals surface area contributed by atoms with Crippen molar-refractivity contribution in [3.8, 4) is 11.4 Å². The van der Waals surface area contributed by atoms with Crippen LogP contribution in [0.3, 0.4) is 0 Å². The van der Waals surface area contributed by atoms with E-state index >= 15 is 0 Å². The third-order valence-electron chi connectivity index (χ3n) is 2.76. The highest BCUT2D eigenvalue weighted by atomic mass is 16.1. The molecule has 0 aliphatic carbocycles. The van der Waals surface area contributed by atoms with E-state index < -0.39 is 5.91 Å². The van der Waals surface area contributed by atoms with Gasteiger partial charge in [0, 0.05) is 6.20 Å². The number of pyridine rings is 1. The van der Waals surface area contributed by atoms with Crippen molar-refractivity contribution in [2.24, 2.45) is 5.73 Å². The van der Waals surface area contributed by atoms with Gasteiger partial charge in [0.1, 0.15) is 11.2 Å². The van der Waals surface area contributed by atoms with Crippen LogP contribution in [0.5, 0.6) is 0 Å². The first-order chi connectivity index (χ1) is 9.25. The van der Waals surface area contributed by atoms with Gasteiger partial charge in [-0.15, -0.1) is 0 Å². The van der Waals surface area contributed by atoms with Crippen LogP contribution in [0.15, 0.2) is 48.8 Å². The number of carbonyl (C=O) groups is 1. The van der Waals surface area contributed by atoms with Gasteiger partial charge < -0.3 is 5.73 Å². The molecule has 2 N–H and O–H groups in total. The van der Waals surface area contributed by atoms with E-state index in [1.165, 1.54) is 0 Å². The smallest absolute Gasteiger partial charge is 0.250 e. The quantitative estimate of drug-likeness (QED) is 0.751. The zero-order valence-electron chi connectivity index (χ0n) is 9.95. The maximum Gasteiger partial charge on any atom is 0.250 e. The Balaban J connectivity index is 2.20. The molecule has 2 aromatic heterocycles. The van der Waals surface area contributed by atoms with Crippen LogP contribution in [0.1, 0.15) is 10.4 Å². The van der Waals surface area contributed by atoms with Gasteiger partial charge in [-0.25, -0.2) is 4.98 Å². The van der Waals surface area contributed by atoms with Crippen LogP contribution in [0.2, 0.25) is 0 Å². The van der Waals surface area contributed by atoms with Crippen LogP contribution in [0.25, 0.3) is 22.4 Å². The Kier molecular flexibility index (Phi) is 2.64. The van der Waals surface area contributed by atoms with Crippen LogP contribution in [-0.4, -0.2) is 20.9 Å². The number of amides is 1. The number of primary amides is 1. The SMILES string of the molecule is NC(=O)c1cccc2nc(-c3ccccn3)cnc12. The van der Waals surface area contributed by atoms with E-state index in [-0.39, 0.29) is 0 Å². The molecule has 0 bridgehead atoms. The van der Waals surface area contributed by atoms with Gasteiger partial charge in [0.15, 0.2) is 0 Å². The Hall–Kier alpha value is -2.82. The van der Waals surface area contributed by atoms with E-state index in [2.05, 4.69) is 15.0 Å². The normalized spacial score (nSPS) is 10.5. The molecular formula is C14H10N4O. The maximum absolute atomic E-state index is 11.3. The van der Waals surface area contributed by atoms with Crippen LogP contribution < -0.4 is 5.73 Å². The Morgan fingerprint density at radius 1 is 1.00 bits per heavy atom. The molecule has 2 heterocycles. The molecule has 0 radical (unpaired) electrons. The topological polar surface area (TPSA) is 81.8 Å². The first-order valence-corrected chi connectivity index (χ1v) is 5.72. The van der Waals surface area contributed by atoms with Crippen molar-refractivity contribution in [2.75, 3.05) is 0 Å². The number of benzene rings is 1. The van der Waals surface area contributed by atoms with Gasteiger partial charge in [0.25, 0.3) is 5.91 Å². The van der Waals surface area contributed by atoms with Crippen molar-refractivity contribution in [1.29, 1.82) is 0 Å². The zero-order chi connectivity index (χ0) is 13.2. The fourth-order valence-corrected chi connectivity index (χ4v) is 1.88. The molecule has 19 heavy (non-hydrogen) atoms. The molecule has 0 saturated heterocycles. The molecule has 1 amide bonds. The number of nitrogens with zero attached hydrogens (tertiary/aromatic N) is 3. The number of para-hydroxylation sites is 1. The summed E-state index contributed by atoms with van der Waals surface area (Å²) in [6.07, 6.45) is 3.29. The molecule has 0 fully saturated rings. The predicted molar refractivity (Wildman–Crippen MR) is 71.3 cm³/mol. The third-order valence-corrected chi connectivity index (χ3v) is 2.76. The summed E-state index contributed by atoms with van der Waals surface area (Å²) >= 11 is 0. The van der Waals surface area contributed by atoms with Crippen molar-refractivity contribution in [3.63, 3.8) is 0 Å². The van der Waals surface area contributed by atoms with E-state index in [4.69, 9.17) is 5.73 Å². The summed E-state index contributed by atoms with van der Waals surface area (Å²) in [5.74, 6) is -0.509. The summed E-state index contributed by atoms with van der Waals surface area (Å²) in [4.78, 5) is 24.3. The molecule has 92 valence electrons. The second-order valence-corrected chi connectivity index (χ2v) is 4.01. The highest BCUT2D eigenvalue weighted by Gasteiger charge is 2.09. The molecule has 0 atom stereocenters.